The molecule has 1 atom stereocenters. The second kappa shape index (κ2) is 7.04. The third kappa shape index (κ3) is 4.17. The van der Waals surface area contributed by atoms with Crippen molar-refractivity contribution in [3.63, 3.8) is 0 Å². The van der Waals surface area contributed by atoms with Crippen LogP contribution in [0, 0.1) is 12.8 Å². The molecule has 0 heterocycles. The number of rotatable bonds is 5. The zero-order valence-electron chi connectivity index (χ0n) is 12.6. The van der Waals surface area contributed by atoms with Crippen LogP contribution >= 0.6 is 0 Å². The van der Waals surface area contributed by atoms with Gasteiger partial charge in [-0.3, -0.25) is 4.79 Å². The van der Waals surface area contributed by atoms with E-state index in [1.165, 1.54) is 16.7 Å². The molecule has 0 fully saturated rings. The smallest absolute Gasteiger partial charge is 0.224 e. The number of aryl methyl sites for hydroxylation is 1. The van der Waals surface area contributed by atoms with E-state index in [1.807, 2.05) is 19.1 Å². The molecule has 0 saturated heterocycles. The maximum absolute atomic E-state index is 11.7. The maximum atomic E-state index is 11.7. The first kappa shape index (κ1) is 15.3. The lowest BCUT2D eigenvalue weighted by molar-refractivity contribution is -0.124. The van der Waals surface area contributed by atoms with E-state index in [2.05, 4.69) is 48.6 Å². The molecule has 0 aliphatic heterocycles. The second-order valence-electron chi connectivity index (χ2n) is 5.42. The first-order chi connectivity index (χ1) is 10.1. The van der Waals surface area contributed by atoms with Crippen molar-refractivity contribution >= 4 is 5.91 Å². The Morgan fingerprint density at radius 2 is 1.86 bits per heavy atom. The van der Waals surface area contributed by atoms with E-state index >= 15 is 0 Å². The number of amides is 1. The molecule has 3 heteroatoms. The highest BCUT2D eigenvalue weighted by atomic mass is 16.1. The van der Waals surface area contributed by atoms with E-state index in [4.69, 9.17) is 5.73 Å². The summed E-state index contributed by atoms with van der Waals surface area (Å²) in [6, 6.07) is 16.7. The highest BCUT2D eigenvalue weighted by Gasteiger charge is 2.09. The number of nitrogens with two attached hydrogens (primary N) is 1. The van der Waals surface area contributed by atoms with Crippen LogP contribution in [0.25, 0.3) is 11.1 Å². The summed E-state index contributed by atoms with van der Waals surface area (Å²) in [6.45, 7) is 4.83. The van der Waals surface area contributed by atoms with Gasteiger partial charge >= 0.3 is 0 Å². The van der Waals surface area contributed by atoms with Gasteiger partial charge in [0, 0.05) is 19.0 Å². The summed E-state index contributed by atoms with van der Waals surface area (Å²) < 4.78 is 0. The number of hydrogen-bond donors (Lipinski definition) is 2. The number of carbonyl (C=O) groups is 1. The molecule has 3 N–H and O–H groups in total. The monoisotopic (exact) mass is 282 g/mol. The van der Waals surface area contributed by atoms with Gasteiger partial charge in [0.05, 0.1) is 0 Å². The summed E-state index contributed by atoms with van der Waals surface area (Å²) in [7, 11) is 0. The fourth-order valence-corrected chi connectivity index (χ4v) is 2.11. The van der Waals surface area contributed by atoms with Crippen LogP contribution in [0.4, 0.5) is 0 Å². The normalized spacial score (nSPS) is 12.0. The molecule has 0 bridgehead atoms. The summed E-state index contributed by atoms with van der Waals surface area (Å²) in [5.74, 6) is -0.142. The first-order valence-electron chi connectivity index (χ1n) is 7.24. The van der Waals surface area contributed by atoms with E-state index in [9.17, 15) is 4.79 Å². The molecule has 3 nitrogen and oxygen atoms in total. The Bertz CT molecular complexity index is 605. The van der Waals surface area contributed by atoms with Crippen LogP contribution in [0.15, 0.2) is 48.5 Å². The van der Waals surface area contributed by atoms with Crippen molar-refractivity contribution in [1.82, 2.24) is 5.32 Å². The van der Waals surface area contributed by atoms with E-state index in [0.717, 1.165) is 5.56 Å². The SMILES string of the molecule is Cc1cccc(-c2ccc(CNC(=O)C(C)CN)cc2)c1. The van der Waals surface area contributed by atoms with Crippen molar-refractivity contribution in [2.24, 2.45) is 11.7 Å². The average molecular weight is 282 g/mol. The molecule has 1 unspecified atom stereocenters. The van der Waals surface area contributed by atoms with Crippen LogP contribution in [0.2, 0.25) is 0 Å². The minimum Gasteiger partial charge on any atom is -0.352 e. The molecule has 0 spiro atoms. The summed E-state index contributed by atoms with van der Waals surface area (Å²) in [5, 5.41) is 2.90. The highest BCUT2D eigenvalue weighted by Crippen LogP contribution is 2.20. The highest BCUT2D eigenvalue weighted by molar-refractivity contribution is 5.78. The fourth-order valence-electron chi connectivity index (χ4n) is 2.11. The Hall–Kier alpha value is -2.13. The zero-order valence-corrected chi connectivity index (χ0v) is 12.6. The first-order valence-corrected chi connectivity index (χ1v) is 7.24. The molecule has 0 aliphatic carbocycles. The van der Waals surface area contributed by atoms with Crippen molar-refractivity contribution in [3.8, 4) is 11.1 Å². The molecule has 0 saturated carbocycles. The Labute approximate surface area is 126 Å². The van der Waals surface area contributed by atoms with E-state index in [1.54, 1.807) is 0 Å². The van der Waals surface area contributed by atoms with Gasteiger partial charge < -0.3 is 11.1 Å². The summed E-state index contributed by atoms with van der Waals surface area (Å²) >= 11 is 0. The van der Waals surface area contributed by atoms with Gasteiger partial charge in [-0.15, -0.1) is 0 Å². The predicted molar refractivity (Wildman–Crippen MR) is 86.7 cm³/mol. The molecular weight excluding hydrogens is 260 g/mol. The molecule has 0 aromatic heterocycles. The average Bonchev–Trinajstić information content (AvgIpc) is 2.52. The summed E-state index contributed by atoms with van der Waals surface area (Å²) in [4.78, 5) is 11.7. The van der Waals surface area contributed by atoms with Crippen molar-refractivity contribution in [1.29, 1.82) is 0 Å². The van der Waals surface area contributed by atoms with Gasteiger partial charge in [0.2, 0.25) is 5.91 Å². The molecule has 110 valence electrons. The Morgan fingerprint density at radius 1 is 1.14 bits per heavy atom. The Kier molecular flexibility index (Phi) is 5.12. The zero-order chi connectivity index (χ0) is 15.2. The van der Waals surface area contributed by atoms with E-state index in [-0.39, 0.29) is 11.8 Å². The third-order valence-corrected chi connectivity index (χ3v) is 3.57. The van der Waals surface area contributed by atoms with Crippen LogP contribution in [0.3, 0.4) is 0 Å². The van der Waals surface area contributed by atoms with Gasteiger partial charge in [0.15, 0.2) is 0 Å². The van der Waals surface area contributed by atoms with Gasteiger partial charge in [0.25, 0.3) is 0 Å². The minimum absolute atomic E-state index is 0.000241. The molecule has 2 rings (SSSR count). The van der Waals surface area contributed by atoms with Crippen LogP contribution < -0.4 is 11.1 Å². The van der Waals surface area contributed by atoms with Gasteiger partial charge in [-0.25, -0.2) is 0 Å². The van der Waals surface area contributed by atoms with Gasteiger partial charge in [0.1, 0.15) is 0 Å². The molecular formula is C18H22N2O. The fraction of sp³-hybridized carbons (Fsp3) is 0.278. The lowest BCUT2D eigenvalue weighted by Gasteiger charge is -2.10. The van der Waals surface area contributed by atoms with Crippen molar-refractivity contribution < 1.29 is 4.79 Å². The largest absolute Gasteiger partial charge is 0.352 e. The van der Waals surface area contributed by atoms with Gasteiger partial charge in [-0.2, -0.15) is 0 Å². The number of nitrogens with one attached hydrogen (secondary N) is 1. The summed E-state index contributed by atoms with van der Waals surface area (Å²) in [5.41, 5.74) is 10.2. The predicted octanol–water partition coefficient (Wildman–Crippen LogP) is 2.87. The van der Waals surface area contributed by atoms with E-state index in [0.29, 0.717) is 13.1 Å². The summed E-state index contributed by atoms with van der Waals surface area (Å²) in [6.07, 6.45) is 0. The van der Waals surface area contributed by atoms with Crippen LogP contribution in [-0.2, 0) is 11.3 Å². The standard InChI is InChI=1S/C18H22N2O/c1-13-4-3-5-17(10-13)16-8-6-15(7-9-16)12-20-18(21)14(2)11-19/h3-10,14H,11-12,19H2,1-2H3,(H,20,21). The van der Waals surface area contributed by atoms with Crippen molar-refractivity contribution in [3.05, 3.63) is 59.7 Å². The Balaban J connectivity index is 2.01. The lowest BCUT2D eigenvalue weighted by Crippen LogP contribution is -2.32. The lowest BCUT2D eigenvalue weighted by atomic mass is 10.0. The molecule has 0 radical (unpaired) electrons. The van der Waals surface area contributed by atoms with Crippen molar-refractivity contribution in [2.75, 3.05) is 6.54 Å². The number of carbonyl (C=O) groups excluding carboxylic acids is 1. The number of benzene rings is 2. The molecule has 2 aromatic carbocycles. The minimum atomic E-state index is -0.142. The van der Waals surface area contributed by atoms with Gasteiger partial charge in [-0.1, -0.05) is 61.0 Å². The molecule has 2 aromatic rings. The Morgan fingerprint density at radius 3 is 2.48 bits per heavy atom. The second-order valence-corrected chi connectivity index (χ2v) is 5.42. The van der Waals surface area contributed by atoms with Crippen LogP contribution in [0.1, 0.15) is 18.1 Å². The van der Waals surface area contributed by atoms with Crippen molar-refractivity contribution in [2.45, 2.75) is 20.4 Å². The van der Waals surface area contributed by atoms with Crippen LogP contribution in [0.5, 0.6) is 0 Å². The third-order valence-electron chi connectivity index (χ3n) is 3.57. The van der Waals surface area contributed by atoms with E-state index < -0.39 is 0 Å². The molecule has 1 amide bonds. The van der Waals surface area contributed by atoms with Crippen LogP contribution in [-0.4, -0.2) is 12.5 Å². The van der Waals surface area contributed by atoms with Gasteiger partial charge in [-0.05, 0) is 23.6 Å². The molecule has 0 aliphatic rings. The molecule has 21 heavy (non-hydrogen) atoms. The number of hydrogen-bond acceptors (Lipinski definition) is 2. The topological polar surface area (TPSA) is 55.1 Å². The maximum Gasteiger partial charge on any atom is 0.224 e. The quantitative estimate of drug-likeness (QED) is 0.886.